The van der Waals surface area contributed by atoms with Crippen LogP contribution in [0.15, 0.2) is 48.6 Å². The number of ether oxygens (including phenoxy) is 2. The van der Waals surface area contributed by atoms with Crippen LogP contribution in [0.2, 0.25) is 0 Å². The summed E-state index contributed by atoms with van der Waals surface area (Å²) in [6.45, 7) is 3.39. The van der Waals surface area contributed by atoms with Crippen LogP contribution in [0.25, 0.3) is 0 Å². The van der Waals surface area contributed by atoms with Crippen LogP contribution in [0, 0.1) is 0 Å². The number of esters is 1. The first-order valence-electron chi connectivity index (χ1n) is 20.1. The van der Waals surface area contributed by atoms with Crippen molar-refractivity contribution in [1.29, 1.82) is 0 Å². The van der Waals surface area contributed by atoms with E-state index in [0.29, 0.717) is 13.0 Å². The molecule has 0 aromatic rings. The number of hydrogen-bond acceptors (Lipinski definition) is 8. The SMILES string of the molecule is CCCC/C=C\C/C=C\CCCCCCCC(=O)OC(COCCCCCCCC/C=C\C/C=C\CCCCC)COP(=O)(O)OCC(O)CO. The molecule has 0 spiro atoms. The first-order valence-corrected chi connectivity index (χ1v) is 21.6. The normalized spacial score (nSPS) is 14.7. The Kier molecular flexibility index (Phi) is 37.0. The number of carbonyl (C=O) groups is 1. The molecule has 0 rings (SSSR count). The van der Waals surface area contributed by atoms with Gasteiger partial charge in [0.1, 0.15) is 12.2 Å². The Hall–Kier alpha value is -1.58. The molecule has 0 aliphatic heterocycles. The Morgan fingerprint density at radius 1 is 0.608 bits per heavy atom. The van der Waals surface area contributed by atoms with Crippen molar-refractivity contribution in [1.82, 2.24) is 0 Å². The fraction of sp³-hybridized carbons (Fsp3) is 0.780. The van der Waals surface area contributed by atoms with E-state index in [-0.39, 0.29) is 19.6 Å². The van der Waals surface area contributed by atoms with E-state index >= 15 is 0 Å². The van der Waals surface area contributed by atoms with Crippen LogP contribution >= 0.6 is 7.82 Å². The molecular weight excluding hydrogens is 667 g/mol. The van der Waals surface area contributed by atoms with Gasteiger partial charge in [0, 0.05) is 13.0 Å². The third-order valence-corrected chi connectivity index (χ3v) is 9.19. The van der Waals surface area contributed by atoms with Gasteiger partial charge in [-0.05, 0) is 70.6 Å². The molecule has 0 saturated carbocycles. The van der Waals surface area contributed by atoms with Gasteiger partial charge in [0.25, 0.3) is 0 Å². The summed E-state index contributed by atoms with van der Waals surface area (Å²) in [4.78, 5) is 22.5. The van der Waals surface area contributed by atoms with Crippen LogP contribution in [0.3, 0.4) is 0 Å². The zero-order valence-electron chi connectivity index (χ0n) is 32.3. The van der Waals surface area contributed by atoms with Crippen molar-refractivity contribution >= 4 is 13.8 Å². The van der Waals surface area contributed by atoms with Crippen LogP contribution in [-0.2, 0) is 27.9 Å². The van der Waals surface area contributed by atoms with Crippen molar-refractivity contribution < 1.29 is 43.0 Å². The van der Waals surface area contributed by atoms with Crippen molar-refractivity contribution in [3.8, 4) is 0 Å². The fourth-order valence-corrected chi connectivity index (χ4v) is 5.90. The second kappa shape index (κ2) is 38.2. The van der Waals surface area contributed by atoms with Gasteiger partial charge in [-0.1, -0.05) is 133 Å². The minimum absolute atomic E-state index is 0.0350. The van der Waals surface area contributed by atoms with E-state index < -0.39 is 39.2 Å². The Bertz CT molecular complexity index is 934. The molecule has 3 unspecified atom stereocenters. The zero-order chi connectivity index (χ0) is 37.5. The second-order valence-electron chi connectivity index (χ2n) is 13.3. The number of rotatable bonds is 38. The minimum Gasteiger partial charge on any atom is -0.457 e. The first-order chi connectivity index (χ1) is 24.8. The average molecular weight is 743 g/mol. The topological polar surface area (TPSA) is 132 Å². The summed E-state index contributed by atoms with van der Waals surface area (Å²) in [5.74, 6) is -0.403. The van der Waals surface area contributed by atoms with Gasteiger partial charge in [-0.15, -0.1) is 0 Å². The van der Waals surface area contributed by atoms with Gasteiger partial charge >= 0.3 is 13.8 Å². The van der Waals surface area contributed by atoms with Crippen LogP contribution in [0.5, 0.6) is 0 Å². The lowest BCUT2D eigenvalue weighted by atomic mass is 10.1. The number of aliphatic hydroxyl groups is 2. The largest absolute Gasteiger partial charge is 0.472 e. The molecule has 0 aromatic carbocycles. The van der Waals surface area contributed by atoms with Gasteiger partial charge in [0.2, 0.25) is 0 Å². The van der Waals surface area contributed by atoms with Gasteiger partial charge in [-0.25, -0.2) is 4.57 Å². The zero-order valence-corrected chi connectivity index (χ0v) is 33.2. The molecule has 3 atom stereocenters. The van der Waals surface area contributed by atoms with Crippen molar-refractivity contribution in [2.45, 2.75) is 174 Å². The number of unbranched alkanes of at least 4 members (excludes halogenated alkanes) is 16. The van der Waals surface area contributed by atoms with Crippen molar-refractivity contribution in [2.24, 2.45) is 0 Å². The second-order valence-corrected chi connectivity index (χ2v) is 14.7. The van der Waals surface area contributed by atoms with Crippen LogP contribution < -0.4 is 0 Å². The first kappa shape index (κ1) is 49.4. The van der Waals surface area contributed by atoms with Crippen molar-refractivity contribution in [3.05, 3.63) is 48.6 Å². The van der Waals surface area contributed by atoms with Crippen LogP contribution in [-0.4, -0.2) is 66.3 Å². The molecule has 9 nitrogen and oxygen atoms in total. The van der Waals surface area contributed by atoms with E-state index in [4.69, 9.17) is 23.6 Å². The van der Waals surface area contributed by atoms with Gasteiger partial charge in [0.05, 0.1) is 26.4 Å². The maximum atomic E-state index is 12.6. The molecule has 0 saturated heterocycles. The molecule has 0 amide bonds. The van der Waals surface area contributed by atoms with Crippen LogP contribution in [0.4, 0.5) is 0 Å². The molecule has 51 heavy (non-hydrogen) atoms. The van der Waals surface area contributed by atoms with Gasteiger partial charge < -0.3 is 24.6 Å². The lowest BCUT2D eigenvalue weighted by molar-refractivity contribution is -0.154. The Labute approximate surface area is 311 Å². The third kappa shape index (κ3) is 38.0. The summed E-state index contributed by atoms with van der Waals surface area (Å²) in [6.07, 6.45) is 40.6. The molecule has 0 fully saturated rings. The molecule has 0 bridgehead atoms. The van der Waals surface area contributed by atoms with Gasteiger partial charge in [0.15, 0.2) is 0 Å². The molecule has 0 heterocycles. The third-order valence-electron chi connectivity index (χ3n) is 8.24. The standard InChI is InChI=1S/C41H75O9P/c1-3-5-7-9-11-13-15-17-19-20-22-24-26-28-30-32-34-47-37-40(38-49-51(45,46)48-36-39(43)35-42)50-41(44)33-31-29-27-25-23-21-18-16-14-12-10-8-6-4-2/h10-13,16-19,39-40,42-43H,3-9,14-15,20-38H2,1-2H3,(H,45,46)/b12-10-,13-11-,18-16-,19-17-. The van der Waals surface area contributed by atoms with Crippen LogP contribution in [0.1, 0.15) is 162 Å². The number of phosphoric ester groups is 1. The number of allylic oxidation sites excluding steroid dienone is 8. The summed E-state index contributed by atoms with van der Waals surface area (Å²) in [6, 6.07) is 0. The number of hydrogen-bond donors (Lipinski definition) is 3. The summed E-state index contributed by atoms with van der Waals surface area (Å²) >= 11 is 0. The fourth-order valence-electron chi connectivity index (χ4n) is 5.11. The lowest BCUT2D eigenvalue weighted by Gasteiger charge is -2.20. The monoisotopic (exact) mass is 743 g/mol. The van der Waals surface area contributed by atoms with Crippen molar-refractivity contribution in [3.63, 3.8) is 0 Å². The minimum atomic E-state index is -4.52. The predicted octanol–water partition coefficient (Wildman–Crippen LogP) is 10.6. The highest BCUT2D eigenvalue weighted by Crippen LogP contribution is 2.43. The Balaban J connectivity index is 4.26. The lowest BCUT2D eigenvalue weighted by Crippen LogP contribution is -2.29. The van der Waals surface area contributed by atoms with Gasteiger partial charge in [-0.3, -0.25) is 13.8 Å². The summed E-state index contributed by atoms with van der Waals surface area (Å²) in [5, 5.41) is 18.3. The molecule has 298 valence electrons. The van der Waals surface area contributed by atoms with E-state index in [9.17, 15) is 19.4 Å². The van der Waals surface area contributed by atoms with E-state index in [1.807, 2.05) is 0 Å². The number of carbonyl (C=O) groups excluding carboxylic acids is 1. The molecule has 0 aromatic heterocycles. The quantitative estimate of drug-likeness (QED) is 0.0245. The van der Waals surface area contributed by atoms with Crippen molar-refractivity contribution in [2.75, 3.05) is 33.0 Å². The maximum absolute atomic E-state index is 12.6. The summed E-state index contributed by atoms with van der Waals surface area (Å²) in [7, 11) is -4.52. The van der Waals surface area contributed by atoms with Gasteiger partial charge in [-0.2, -0.15) is 0 Å². The highest BCUT2D eigenvalue weighted by atomic mass is 31.2. The molecular formula is C41H75O9P. The number of aliphatic hydroxyl groups excluding tert-OH is 2. The van der Waals surface area contributed by atoms with E-state index in [2.05, 4.69) is 62.5 Å². The molecule has 10 heteroatoms. The maximum Gasteiger partial charge on any atom is 0.472 e. The summed E-state index contributed by atoms with van der Waals surface area (Å²) in [5.41, 5.74) is 0. The van der Waals surface area contributed by atoms with E-state index in [0.717, 1.165) is 77.0 Å². The highest BCUT2D eigenvalue weighted by molar-refractivity contribution is 7.47. The molecule has 0 aliphatic rings. The number of phosphoric acid groups is 1. The Morgan fingerprint density at radius 3 is 1.63 bits per heavy atom. The molecule has 0 radical (unpaired) electrons. The Morgan fingerprint density at radius 2 is 1.08 bits per heavy atom. The smallest absolute Gasteiger partial charge is 0.457 e. The molecule has 3 N–H and O–H groups in total. The highest BCUT2D eigenvalue weighted by Gasteiger charge is 2.26. The average Bonchev–Trinajstić information content (AvgIpc) is 3.12. The van der Waals surface area contributed by atoms with E-state index in [1.165, 1.54) is 57.8 Å². The molecule has 0 aliphatic carbocycles. The van der Waals surface area contributed by atoms with E-state index in [1.54, 1.807) is 0 Å². The summed E-state index contributed by atoms with van der Waals surface area (Å²) < 4.78 is 33.3. The predicted molar refractivity (Wildman–Crippen MR) is 210 cm³/mol.